The van der Waals surface area contributed by atoms with Crippen molar-refractivity contribution in [3.8, 4) is 0 Å². The van der Waals surface area contributed by atoms with E-state index in [2.05, 4.69) is 33.1 Å². The largest absolute Gasteiger partial charge is 0.367 e. The molecule has 2 aromatic carbocycles. The Morgan fingerprint density at radius 3 is 2.64 bits per heavy atom. The number of aromatic nitrogens is 1. The first-order valence-electron chi connectivity index (χ1n) is 9.64. The van der Waals surface area contributed by atoms with E-state index in [9.17, 15) is 4.79 Å². The van der Waals surface area contributed by atoms with Gasteiger partial charge in [-0.3, -0.25) is 4.79 Å². The number of likely N-dealkylation sites (N-methyl/N-ethyl adjacent to an activating group) is 1. The Labute approximate surface area is 169 Å². The quantitative estimate of drug-likeness (QED) is 0.665. The van der Waals surface area contributed by atoms with Gasteiger partial charge in [0, 0.05) is 32.3 Å². The summed E-state index contributed by atoms with van der Waals surface area (Å²) in [7, 11) is 0. The van der Waals surface area contributed by atoms with Crippen LogP contribution in [0.2, 0.25) is 0 Å². The molecule has 0 bridgehead atoms. The molecule has 2 heterocycles. The Morgan fingerprint density at radius 1 is 1.11 bits per heavy atom. The number of para-hydroxylation sites is 3. The highest BCUT2D eigenvalue weighted by Crippen LogP contribution is 2.27. The lowest BCUT2D eigenvalue weighted by atomic mass is 10.2. The number of hydrogen-bond acceptors (Lipinski definition) is 5. The van der Waals surface area contributed by atoms with Gasteiger partial charge in [-0.25, -0.2) is 4.98 Å². The molecule has 0 saturated carbocycles. The van der Waals surface area contributed by atoms with E-state index in [0.29, 0.717) is 0 Å². The summed E-state index contributed by atoms with van der Waals surface area (Å²) in [5, 5.41) is 3.87. The van der Waals surface area contributed by atoms with Gasteiger partial charge in [0.1, 0.15) is 5.01 Å². The second-order valence-electron chi connectivity index (χ2n) is 6.78. The molecule has 4 rings (SSSR count). The maximum Gasteiger partial charge on any atom is 0.248 e. The third-order valence-corrected chi connectivity index (χ3v) is 6.01. The molecule has 1 aromatic heterocycles. The van der Waals surface area contributed by atoms with Crippen molar-refractivity contribution in [1.29, 1.82) is 0 Å². The van der Waals surface area contributed by atoms with E-state index in [1.165, 1.54) is 0 Å². The summed E-state index contributed by atoms with van der Waals surface area (Å²) in [4.78, 5) is 21.8. The van der Waals surface area contributed by atoms with Crippen molar-refractivity contribution >= 4 is 44.9 Å². The van der Waals surface area contributed by atoms with E-state index in [-0.39, 0.29) is 5.91 Å². The summed E-state index contributed by atoms with van der Waals surface area (Å²) < 4.78 is 1.12. The summed E-state index contributed by atoms with van der Waals surface area (Å²) in [5.41, 5.74) is 2.90. The predicted octanol–water partition coefficient (Wildman–Crippen LogP) is 4.09. The van der Waals surface area contributed by atoms with Crippen LogP contribution in [-0.2, 0) is 4.79 Å². The molecule has 0 radical (unpaired) electrons. The first-order chi connectivity index (χ1) is 13.7. The van der Waals surface area contributed by atoms with Crippen molar-refractivity contribution in [2.75, 3.05) is 42.9 Å². The SMILES string of the molecule is CCN1CCN(c2ccccc2NC(=O)C=Cc2nc3ccccc3s2)CC1. The van der Waals surface area contributed by atoms with Crippen molar-refractivity contribution in [3.05, 3.63) is 59.6 Å². The fraction of sp³-hybridized carbons (Fsp3) is 0.273. The van der Waals surface area contributed by atoms with Crippen molar-refractivity contribution in [1.82, 2.24) is 9.88 Å². The van der Waals surface area contributed by atoms with Crippen LogP contribution in [0.4, 0.5) is 11.4 Å². The molecule has 0 spiro atoms. The van der Waals surface area contributed by atoms with Gasteiger partial charge in [0.25, 0.3) is 0 Å². The van der Waals surface area contributed by atoms with Gasteiger partial charge in [0.15, 0.2) is 0 Å². The standard InChI is InChI=1S/C22H24N4OS/c1-2-25-13-15-26(16-14-25)19-9-5-3-7-17(19)23-21(27)11-12-22-24-18-8-4-6-10-20(18)28-22/h3-12H,2,13-16H2,1H3,(H,23,27). The molecule has 0 atom stereocenters. The van der Waals surface area contributed by atoms with Gasteiger partial charge in [-0.05, 0) is 36.9 Å². The molecule has 3 aromatic rings. The lowest BCUT2D eigenvalue weighted by Crippen LogP contribution is -2.46. The maximum atomic E-state index is 12.5. The van der Waals surface area contributed by atoms with Crippen LogP contribution < -0.4 is 10.2 Å². The lowest BCUT2D eigenvalue weighted by Gasteiger charge is -2.36. The number of nitrogens with one attached hydrogen (secondary N) is 1. The van der Waals surface area contributed by atoms with Gasteiger partial charge in [-0.15, -0.1) is 11.3 Å². The van der Waals surface area contributed by atoms with Crippen LogP contribution in [0.1, 0.15) is 11.9 Å². The summed E-state index contributed by atoms with van der Waals surface area (Å²) in [5.74, 6) is -0.140. The van der Waals surface area contributed by atoms with Crippen LogP contribution in [-0.4, -0.2) is 48.5 Å². The Hall–Kier alpha value is -2.70. The first-order valence-corrected chi connectivity index (χ1v) is 10.5. The van der Waals surface area contributed by atoms with Crippen molar-refractivity contribution in [3.63, 3.8) is 0 Å². The van der Waals surface area contributed by atoms with E-state index in [1.54, 1.807) is 23.5 Å². The minimum Gasteiger partial charge on any atom is -0.367 e. The molecule has 1 fully saturated rings. The van der Waals surface area contributed by atoms with Crippen molar-refractivity contribution in [2.45, 2.75) is 6.92 Å². The first kappa shape index (κ1) is 18.7. The number of hydrogen-bond donors (Lipinski definition) is 1. The van der Waals surface area contributed by atoms with Crippen molar-refractivity contribution < 1.29 is 4.79 Å². The number of anilines is 2. The third kappa shape index (κ3) is 4.24. The molecule has 0 aliphatic carbocycles. The van der Waals surface area contributed by atoms with E-state index in [0.717, 1.165) is 59.3 Å². The molecule has 28 heavy (non-hydrogen) atoms. The smallest absolute Gasteiger partial charge is 0.248 e. The Balaban J connectivity index is 1.44. The Morgan fingerprint density at radius 2 is 1.86 bits per heavy atom. The summed E-state index contributed by atoms with van der Waals surface area (Å²) in [6.45, 7) is 7.33. The number of carbonyl (C=O) groups excluding carboxylic acids is 1. The number of nitrogens with zero attached hydrogens (tertiary/aromatic N) is 3. The average molecular weight is 393 g/mol. The molecule has 6 heteroatoms. The molecule has 1 aliphatic rings. The zero-order chi connectivity index (χ0) is 19.3. The van der Waals surface area contributed by atoms with Gasteiger partial charge in [-0.2, -0.15) is 0 Å². The predicted molar refractivity (Wildman–Crippen MR) is 118 cm³/mol. The summed E-state index contributed by atoms with van der Waals surface area (Å²) in [6, 6.07) is 16.0. The summed E-state index contributed by atoms with van der Waals surface area (Å²) >= 11 is 1.58. The second kappa shape index (κ2) is 8.54. The number of carbonyl (C=O) groups is 1. The second-order valence-corrected chi connectivity index (χ2v) is 7.84. The highest BCUT2D eigenvalue weighted by Gasteiger charge is 2.18. The minimum atomic E-state index is -0.140. The topological polar surface area (TPSA) is 48.5 Å². The number of thiazole rings is 1. The van der Waals surface area contributed by atoms with E-state index >= 15 is 0 Å². The highest BCUT2D eigenvalue weighted by atomic mass is 32.1. The van der Waals surface area contributed by atoms with Crippen LogP contribution in [0, 0.1) is 0 Å². The van der Waals surface area contributed by atoms with Crippen LogP contribution in [0.3, 0.4) is 0 Å². The number of fused-ring (bicyclic) bond motifs is 1. The number of amides is 1. The number of benzene rings is 2. The minimum absolute atomic E-state index is 0.140. The van der Waals surface area contributed by atoms with Crippen LogP contribution in [0.15, 0.2) is 54.6 Å². The van der Waals surface area contributed by atoms with E-state index < -0.39 is 0 Å². The van der Waals surface area contributed by atoms with Crippen LogP contribution in [0.25, 0.3) is 16.3 Å². The lowest BCUT2D eigenvalue weighted by molar-refractivity contribution is -0.111. The Kier molecular flexibility index (Phi) is 5.69. The zero-order valence-electron chi connectivity index (χ0n) is 16.0. The molecule has 0 unspecified atom stereocenters. The normalized spacial score (nSPS) is 15.4. The van der Waals surface area contributed by atoms with Gasteiger partial charge < -0.3 is 15.1 Å². The molecular weight excluding hydrogens is 368 g/mol. The van der Waals surface area contributed by atoms with Gasteiger partial charge in [0.05, 0.1) is 21.6 Å². The van der Waals surface area contributed by atoms with Crippen LogP contribution >= 0.6 is 11.3 Å². The Bertz CT molecular complexity index is 956. The molecule has 1 aliphatic heterocycles. The zero-order valence-corrected chi connectivity index (χ0v) is 16.8. The van der Waals surface area contributed by atoms with Gasteiger partial charge in [-0.1, -0.05) is 31.2 Å². The third-order valence-electron chi connectivity index (χ3n) is 5.01. The highest BCUT2D eigenvalue weighted by molar-refractivity contribution is 7.19. The molecule has 1 saturated heterocycles. The molecular formula is C22H24N4OS. The van der Waals surface area contributed by atoms with Gasteiger partial charge in [0.2, 0.25) is 5.91 Å². The number of piperazine rings is 1. The average Bonchev–Trinajstić information content (AvgIpc) is 3.16. The van der Waals surface area contributed by atoms with Crippen molar-refractivity contribution in [2.24, 2.45) is 0 Å². The van der Waals surface area contributed by atoms with E-state index in [1.807, 2.05) is 42.5 Å². The van der Waals surface area contributed by atoms with Crippen LogP contribution in [0.5, 0.6) is 0 Å². The molecule has 144 valence electrons. The van der Waals surface area contributed by atoms with Gasteiger partial charge >= 0.3 is 0 Å². The fourth-order valence-corrected chi connectivity index (χ4v) is 4.31. The van der Waals surface area contributed by atoms with E-state index in [4.69, 9.17) is 0 Å². The fourth-order valence-electron chi connectivity index (χ4n) is 3.44. The molecule has 1 amide bonds. The molecule has 5 nitrogen and oxygen atoms in total. The molecule has 1 N–H and O–H groups in total. The number of rotatable bonds is 5. The summed E-state index contributed by atoms with van der Waals surface area (Å²) in [6.07, 6.45) is 3.34. The maximum absolute atomic E-state index is 12.5. The monoisotopic (exact) mass is 392 g/mol.